The third kappa shape index (κ3) is 3.19. The van der Waals surface area contributed by atoms with E-state index in [1.807, 2.05) is 24.6 Å². The van der Waals surface area contributed by atoms with Crippen LogP contribution in [-0.2, 0) is 6.54 Å². The van der Waals surface area contributed by atoms with E-state index in [9.17, 15) is 0 Å². The molecule has 0 bridgehead atoms. The maximum absolute atomic E-state index is 6.22. The molecule has 2 aromatic heterocycles. The molecule has 2 heterocycles. The fraction of sp³-hybridized carbons (Fsp3) is 0.467. The Hall–Kier alpha value is -1.39. The van der Waals surface area contributed by atoms with Crippen LogP contribution < -0.4 is 5.32 Å². The molecule has 0 aliphatic rings. The molecule has 0 atom stereocenters. The fourth-order valence-electron chi connectivity index (χ4n) is 2.08. The molecule has 5 heteroatoms. The molecule has 0 aliphatic heterocycles. The van der Waals surface area contributed by atoms with Crippen LogP contribution in [0.1, 0.15) is 30.8 Å². The number of hydrogen-bond donors (Lipinski definition) is 1. The standard InChI is InChI=1S/C15H21ClN4/c1-10(2)8-17-9-13-6-5-7-18-15(13)20-12(4)14(16)11(3)19-20/h5-7,10,17H,8-9H2,1-4H3. The second-order valence-corrected chi connectivity index (χ2v) is 5.79. The summed E-state index contributed by atoms with van der Waals surface area (Å²) in [5.74, 6) is 1.47. The zero-order chi connectivity index (χ0) is 14.7. The first-order valence-electron chi connectivity index (χ1n) is 6.87. The van der Waals surface area contributed by atoms with Crippen molar-refractivity contribution in [3.63, 3.8) is 0 Å². The Bertz CT molecular complexity index is 590. The van der Waals surface area contributed by atoms with Crippen molar-refractivity contribution in [3.8, 4) is 5.82 Å². The smallest absolute Gasteiger partial charge is 0.158 e. The molecular weight excluding hydrogens is 272 g/mol. The molecule has 0 amide bonds. The second-order valence-electron chi connectivity index (χ2n) is 5.41. The van der Waals surface area contributed by atoms with Gasteiger partial charge < -0.3 is 5.32 Å². The zero-order valence-electron chi connectivity index (χ0n) is 12.4. The number of rotatable bonds is 5. The highest BCUT2D eigenvalue weighted by Crippen LogP contribution is 2.22. The summed E-state index contributed by atoms with van der Waals surface area (Å²) in [6, 6.07) is 4.02. The van der Waals surface area contributed by atoms with E-state index in [1.165, 1.54) is 0 Å². The van der Waals surface area contributed by atoms with Gasteiger partial charge >= 0.3 is 0 Å². The van der Waals surface area contributed by atoms with Crippen molar-refractivity contribution in [1.29, 1.82) is 0 Å². The van der Waals surface area contributed by atoms with Crippen LogP contribution >= 0.6 is 11.6 Å². The number of aryl methyl sites for hydroxylation is 1. The van der Waals surface area contributed by atoms with Crippen LogP contribution in [-0.4, -0.2) is 21.3 Å². The first-order valence-corrected chi connectivity index (χ1v) is 7.25. The number of halogens is 1. The molecule has 20 heavy (non-hydrogen) atoms. The molecule has 0 fully saturated rings. The van der Waals surface area contributed by atoms with Crippen LogP contribution in [0.25, 0.3) is 5.82 Å². The van der Waals surface area contributed by atoms with Gasteiger partial charge in [-0.1, -0.05) is 31.5 Å². The molecule has 0 unspecified atom stereocenters. The Morgan fingerprint density at radius 3 is 2.70 bits per heavy atom. The molecule has 0 saturated heterocycles. The van der Waals surface area contributed by atoms with Crippen LogP contribution in [0.2, 0.25) is 5.02 Å². The van der Waals surface area contributed by atoms with Crippen LogP contribution in [0.5, 0.6) is 0 Å². The molecular formula is C15H21ClN4. The molecule has 2 aromatic rings. The highest BCUT2D eigenvalue weighted by Gasteiger charge is 2.14. The Labute approximate surface area is 125 Å². The summed E-state index contributed by atoms with van der Waals surface area (Å²) in [5, 5.41) is 8.62. The average Bonchev–Trinajstić information content (AvgIpc) is 2.67. The molecule has 0 spiro atoms. The Kier molecular flexibility index (Phi) is 4.78. The van der Waals surface area contributed by atoms with Crippen LogP contribution in [0.4, 0.5) is 0 Å². The summed E-state index contributed by atoms with van der Waals surface area (Å²) in [6.07, 6.45) is 1.78. The maximum atomic E-state index is 6.22. The monoisotopic (exact) mass is 292 g/mol. The highest BCUT2D eigenvalue weighted by atomic mass is 35.5. The first-order chi connectivity index (χ1) is 9.50. The lowest BCUT2D eigenvalue weighted by Gasteiger charge is -2.12. The van der Waals surface area contributed by atoms with Gasteiger partial charge in [-0.15, -0.1) is 0 Å². The summed E-state index contributed by atoms with van der Waals surface area (Å²) in [5.41, 5.74) is 2.87. The minimum atomic E-state index is 0.623. The Morgan fingerprint density at radius 2 is 2.10 bits per heavy atom. The van der Waals surface area contributed by atoms with Gasteiger partial charge in [-0.25, -0.2) is 9.67 Å². The van der Waals surface area contributed by atoms with Crippen molar-refractivity contribution in [2.24, 2.45) is 5.92 Å². The number of pyridine rings is 1. The summed E-state index contributed by atoms with van der Waals surface area (Å²) in [6.45, 7) is 10.0. The third-order valence-electron chi connectivity index (χ3n) is 3.14. The molecule has 2 rings (SSSR count). The van der Waals surface area contributed by atoms with Crippen LogP contribution in [0.3, 0.4) is 0 Å². The van der Waals surface area contributed by atoms with E-state index in [0.29, 0.717) is 10.9 Å². The topological polar surface area (TPSA) is 42.7 Å². The normalized spacial score (nSPS) is 11.3. The van der Waals surface area contributed by atoms with Crippen molar-refractivity contribution < 1.29 is 0 Å². The van der Waals surface area contributed by atoms with E-state index < -0.39 is 0 Å². The van der Waals surface area contributed by atoms with Crippen LogP contribution in [0.15, 0.2) is 18.3 Å². The molecule has 4 nitrogen and oxygen atoms in total. The number of hydrogen-bond acceptors (Lipinski definition) is 3. The SMILES string of the molecule is Cc1nn(-c2ncccc2CNCC(C)C)c(C)c1Cl. The minimum absolute atomic E-state index is 0.623. The summed E-state index contributed by atoms with van der Waals surface area (Å²) in [7, 11) is 0. The average molecular weight is 293 g/mol. The van der Waals surface area contributed by atoms with Crippen molar-refractivity contribution in [1.82, 2.24) is 20.1 Å². The summed E-state index contributed by atoms with van der Waals surface area (Å²) >= 11 is 6.22. The van der Waals surface area contributed by atoms with E-state index in [1.54, 1.807) is 6.20 Å². The van der Waals surface area contributed by atoms with Crippen LogP contribution in [0, 0.1) is 19.8 Å². The van der Waals surface area contributed by atoms with Gasteiger partial charge in [-0.05, 0) is 32.4 Å². The second kappa shape index (κ2) is 6.37. The Morgan fingerprint density at radius 1 is 1.35 bits per heavy atom. The fourth-order valence-corrected chi connectivity index (χ4v) is 2.20. The van der Waals surface area contributed by atoms with Crippen molar-refractivity contribution in [2.75, 3.05) is 6.54 Å². The lowest BCUT2D eigenvalue weighted by atomic mass is 10.2. The Balaban J connectivity index is 2.29. The van der Waals surface area contributed by atoms with Gasteiger partial charge in [0, 0.05) is 18.3 Å². The summed E-state index contributed by atoms with van der Waals surface area (Å²) in [4.78, 5) is 4.46. The summed E-state index contributed by atoms with van der Waals surface area (Å²) < 4.78 is 1.82. The van der Waals surface area contributed by atoms with E-state index in [2.05, 4.69) is 35.3 Å². The molecule has 1 N–H and O–H groups in total. The van der Waals surface area contributed by atoms with Gasteiger partial charge in [0.05, 0.1) is 16.4 Å². The minimum Gasteiger partial charge on any atom is -0.312 e. The largest absolute Gasteiger partial charge is 0.312 e. The lowest BCUT2D eigenvalue weighted by molar-refractivity contribution is 0.550. The van der Waals surface area contributed by atoms with Crippen molar-refractivity contribution in [2.45, 2.75) is 34.2 Å². The van der Waals surface area contributed by atoms with Crippen molar-refractivity contribution >= 4 is 11.6 Å². The molecule has 0 saturated carbocycles. The quantitative estimate of drug-likeness (QED) is 0.919. The molecule has 0 radical (unpaired) electrons. The first kappa shape index (κ1) is 15.0. The predicted octanol–water partition coefficient (Wildman–Crippen LogP) is 3.28. The van der Waals surface area contributed by atoms with E-state index in [0.717, 1.165) is 35.9 Å². The van der Waals surface area contributed by atoms with Gasteiger partial charge in [0.25, 0.3) is 0 Å². The predicted molar refractivity (Wildman–Crippen MR) is 82.4 cm³/mol. The molecule has 0 aliphatic carbocycles. The van der Waals surface area contributed by atoms with E-state index in [-0.39, 0.29) is 0 Å². The van der Waals surface area contributed by atoms with Gasteiger partial charge in [0.1, 0.15) is 0 Å². The molecule has 0 aromatic carbocycles. The number of nitrogens with one attached hydrogen (secondary N) is 1. The van der Waals surface area contributed by atoms with Gasteiger partial charge in [-0.2, -0.15) is 5.10 Å². The molecule has 108 valence electrons. The van der Waals surface area contributed by atoms with E-state index >= 15 is 0 Å². The highest BCUT2D eigenvalue weighted by molar-refractivity contribution is 6.31. The van der Waals surface area contributed by atoms with Gasteiger partial charge in [0.15, 0.2) is 5.82 Å². The van der Waals surface area contributed by atoms with Gasteiger partial charge in [-0.3, -0.25) is 0 Å². The number of nitrogens with zero attached hydrogens (tertiary/aromatic N) is 3. The maximum Gasteiger partial charge on any atom is 0.158 e. The number of aromatic nitrogens is 3. The zero-order valence-corrected chi connectivity index (χ0v) is 13.2. The van der Waals surface area contributed by atoms with E-state index in [4.69, 9.17) is 11.6 Å². The van der Waals surface area contributed by atoms with Gasteiger partial charge in [0.2, 0.25) is 0 Å². The lowest BCUT2D eigenvalue weighted by Crippen LogP contribution is -2.20. The van der Waals surface area contributed by atoms with Crippen molar-refractivity contribution in [3.05, 3.63) is 40.3 Å². The third-order valence-corrected chi connectivity index (χ3v) is 3.69.